The van der Waals surface area contributed by atoms with E-state index in [1.807, 2.05) is 13.8 Å². The van der Waals surface area contributed by atoms with Crippen molar-refractivity contribution in [1.82, 2.24) is 0 Å². The maximum Gasteiger partial charge on any atom is 0.168 e. The van der Waals surface area contributed by atoms with E-state index >= 15 is 0 Å². The maximum absolute atomic E-state index is 12.9. The number of hydrogen-bond acceptors (Lipinski definition) is 1. The van der Waals surface area contributed by atoms with Crippen LogP contribution in [0.3, 0.4) is 0 Å². The molecule has 0 saturated carbocycles. The molecular weight excluding hydrogens is 199 g/mol. The van der Waals surface area contributed by atoms with Gasteiger partial charge in [-0.2, -0.15) is 0 Å². The Balaban J connectivity index is 3.09. The van der Waals surface area contributed by atoms with Crippen molar-refractivity contribution in [3.8, 4) is 0 Å². The number of rotatable bonds is 2. The second-order valence-corrected chi connectivity index (χ2v) is 3.82. The van der Waals surface area contributed by atoms with Crippen LogP contribution in [0.25, 0.3) is 0 Å². The van der Waals surface area contributed by atoms with Gasteiger partial charge in [0.1, 0.15) is 5.82 Å². The van der Waals surface area contributed by atoms with Crippen LogP contribution >= 0.6 is 12.2 Å². The minimum atomic E-state index is -0.298. The number of nitrogens with one attached hydrogen (secondary N) is 1. The molecule has 0 amide bonds. The summed E-state index contributed by atoms with van der Waals surface area (Å²) < 4.78 is 12.9. The molecule has 0 atom stereocenters. The monoisotopic (exact) mass is 212 g/mol. The normalized spacial score (nSPS) is 10.3. The Morgan fingerprint density at radius 1 is 1.50 bits per heavy atom. The minimum absolute atomic E-state index is 0.150. The van der Waals surface area contributed by atoms with Crippen molar-refractivity contribution < 1.29 is 4.39 Å². The van der Waals surface area contributed by atoms with E-state index in [4.69, 9.17) is 18.0 Å². The number of nitrogens with two attached hydrogens (primary N) is 1. The van der Waals surface area contributed by atoms with Crippen molar-refractivity contribution >= 4 is 23.0 Å². The van der Waals surface area contributed by atoms with Crippen molar-refractivity contribution in [2.45, 2.75) is 19.8 Å². The molecular formula is C10H13FN2S. The van der Waals surface area contributed by atoms with E-state index in [-0.39, 0.29) is 10.9 Å². The van der Waals surface area contributed by atoms with Crippen LogP contribution in [0.1, 0.15) is 25.3 Å². The molecule has 1 aromatic rings. The van der Waals surface area contributed by atoms with Gasteiger partial charge >= 0.3 is 0 Å². The van der Waals surface area contributed by atoms with Gasteiger partial charge in [-0.3, -0.25) is 0 Å². The SMILES string of the molecule is CC(C)c1ccc(F)cc1NC(N)=S. The Labute approximate surface area is 88.3 Å². The fourth-order valence-electron chi connectivity index (χ4n) is 1.27. The molecule has 0 unspecified atom stereocenters. The summed E-state index contributed by atoms with van der Waals surface area (Å²) in [5.41, 5.74) is 6.99. The summed E-state index contributed by atoms with van der Waals surface area (Å²) in [6.45, 7) is 4.05. The average molecular weight is 212 g/mol. The largest absolute Gasteiger partial charge is 0.376 e. The van der Waals surface area contributed by atoms with Gasteiger partial charge in [0.15, 0.2) is 5.11 Å². The molecule has 0 aliphatic rings. The molecule has 0 saturated heterocycles. The van der Waals surface area contributed by atoms with E-state index in [1.165, 1.54) is 12.1 Å². The van der Waals surface area contributed by atoms with Gasteiger partial charge in [0.2, 0.25) is 0 Å². The fraction of sp³-hybridized carbons (Fsp3) is 0.300. The van der Waals surface area contributed by atoms with Crippen molar-refractivity contribution in [1.29, 1.82) is 0 Å². The lowest BCUT2D eigenvalue weighted by Gasteiger charge is -2.13. The molecule has 0 heterocycles. The third kappa shape index (κ3) is 2.67. The minimum Gasteiger partial charge on any atom is -0.376 e. The standard InChI is InChI=1S/C10H13FN2S/c1-6(2)8-4-3-7(11)5-9(8)13-10(12)14/h3-6H,1-2H3,(H3,12,13,14). The second kappa shape index (κ2) is 4.37. The number of halogens is 1. The topological polar surface area (TPSA) is 38.0 Å². The molecule has 0 aliphatic carbocycles. The fourth-order valence-corrected chi connectivity index (χ4v) is 1.38. The first-order valence-corrected chi connectivity index (χ1v) is 4.77. The first kappa shape index (κ1) is 10.9. The second-order valence-electron chi connectivity index (χ2n) is 3.38. The van der Waals surface area contributed by atoms with E-state index in [2.05, 4.69) is 5.32 Å². The van der Waals surface area contributed by atoms with Crippen molar-refractivity contribution in [2.75, 3.05) is 5.32 Å². The summed E-state index contributed by atoms with van der Waals surface area (Å²) in [5, 5.41) is 2.92. The molecule has 0 aromatic heterocycles. The highest BCUT2D eigenvalue weighted by Crippen LogP contribution is 2.24. The van der Waals surface area contributed by atoms with Crippen molar-refractivity contribution in [3.63, 3.8) is 0 Å². The predicted octanol–water partition coefficient (Wildman–Crippen LogP) is 2.60. The smallest absolute Gasteiger partial charge is 0.168 e. The predicted molar refractivity (Wildman–Crippen MR) is 60.9 cm³/mol. The molecule has 76 valence electrons. The molecule has 1 rings (SSSR count). The third-order valence-electron chi connectivity index (χ3n) is 1.90. The lowest BCUT2D eigenvalue weighted by molar-refractivity contribution is 0.627. The maximum atomic E-state index is 12.9. The zero-order valence-corrected chi connectivity index (χ0v) is 8.99. The molecule has 14 heavy (non-hydrogen) atoms. The molecule has 0 radical (unpaired) electrons. The van der Waals surface area contributed by atoms with E-state index < -0.39 is 0 Å². The van der Waals surface area contributed by atoms with Crippen LogP contribution in [-0.2, 0) is 0 Å². The molecule has 1 aromatic carbocycles. The zero-order chi connectivity index (χ0) is 10.7. The highest BCUT2D eigenvalue weighted by atomic mass is 32.1. The van der Waals surface area contributed by atoms with Gasteiger partial charge in [-0.15, -0.1) is 0 Å². The Hall–Kier alpha value is -1.16. The van der Waals surface area contributed by atoms with E-state index in [1.54, 1.807) is 6.07 Å². The van der Waals surface area contributed by atoms with Crippen LogP contribution in [0.5, 0.6) is 0 Å². The average Bonchev–Trinajstić information content (AvgIpc) is 2.01. The Morgan fingerprint density at radius 2 is 2.14 bits per heavy atom. The molecule has 0 aliphatic heterocycles. The number of hydrogen-bond donors (Lipinski definition) is 2. The Morgan fingerprint density at radius 3 is 2.64 bits per heavy atom. The Kier molecular flexibility index (Phi) is 3.41. The highest BCUT2D eigenvalue weighted by molar-refractivity contribution is 7.80. The summed E-state index contributed by atoms with van der Waals surface area (Å²) in [6, 6.07) is 4.56. The van der Waals surface area contributed by atoms with Crippen LogP contribution in [0.2, 0.25) is 0 Å². The molecule has 4 heteroatoms. The zero-order valence-electron chi connectivity index (χ0n) is 8.17. The lowest BCUT2D eigenvalue weighted by atomic mass is 10.0. The quantitative estimate of drug-likeness (QED) is 0.740. The number of thiocarbonyl (C=S) groups is 1. The Bertz CT molecular complexity index is 350. The third-order valence-corrected chi connectivity index (χ3v) is 2.00. The summed E-state index contributed by atoms with van der Waals surface area (Å²) in [4.78, 5) is 0. The van der Waals surface area contributed by atoms with E-state index in [0.717, 1.165) is 5.56 Å². The highest BCUT2D eigenvalue weighted by Gasteiger charge is 2.07. The molecule has 0 spiro atoms. The first-order valence-electron chi connectivity index (χ1n) is 4.36. The van der Waals surface area contributed by atoms with Crippen LogP contribution in [0.4, 0.5) is 10.1 Å². The summed E-state index contributed by atoms with van der Waals surface area (Å²) in [5.74, 6) is 0.000556. The van der Waals surface area contributed by atoms with Crippen LogP contribution in [0, 0.1) is 5.82 Å². The molecule has 2 nitrogen and oxygen atoms in total. The van der Waals surface area contributed by atoms with Gasteiger partial charge < -0.3 is 11.1 Å². The van der Waals surface area contributed by atoms with Gasteiger partial charge in [0.25, 0.3) is 0 Å². The van der Waals surface area contributed by atoms with Crippen LogP contribution < -0.4 is 11.1 Å². The van der Waals surface area contributed by atoms with Crippen molar-refractivity contribution in [2.24, 2.45) is 5.73 Å². The van der Waals surface area contributed by atoms with Gasteiger partial charge in [0, 0.05) is 5.69 Å². The van der Waals surface area contributed by atoms with E-state index in [9.17, 15) is 4.39 Å². The molecule has 3 N–H and O–H groups in total. The van der Waals surface area contributed by atoms with Gasteiger partial charge in [0.05, 0.1) is 0 Å². The molecule has 0 fully saturated rings. The van der Waals surface area contributed by atoms with E-state index in [0.29, 0.717) is 11.6 Å². The van der Waals surface area contributed by atoms with Gasteiger partial charge in [-0.25, -0.2) is 4.39 Å². The summed E-state index contributed by atoms with van der Waals surface area (Å²) >= 11 is 4.71. The van der Waals surface area contributed by atoms with Crippen molar-refractivity contribution in [3.05, 3.63) is 29.6 Å². The van der Waals surface area contributed by atoms with Gasteiger partial charge in [-0.05, 0) is 35.8 Å². The number of benzene rings is 1. The van der Waals surface area contributed by atoms with Crippen LogP contribution in [0.15, 0.2) is 18.2 Å². The molecule has 0 bridgehead atoms. The lowest BCUT2D eigenvalue weighted by Crippen LogP contribution is -2.20. The number of anilines is 1. The summed E-state index contributed by atoms with van der Waals surface area (Å²) in [6.07, 6.45) is 0. The van der Waals surface area contributed by atoms with Crippen LogP contribution in [-0.4, -0.2) is 5.11 Å². The first-order chi connectivity index (χ1) is 6.50. The van der Waals surface area contributed by atoms with Gasteiger partial charge in [-0.1, -0.05) is 19.9 Å². The summed E-state index contributed by atoms with van der Waals surface area (Å²) in [7, 11) is 0.